The normalized spacial score (nSPS) is 16.5. The Morgan fingerprint density at radius 2 is 1.51 bits per heavy atom. The number of pyridine rings is 1. The summed E-state index contributed by atoms with van der Waals surface area (Å²) in [5, 5.41) is 9.95. The predicted molar refractivity (Wildman–Crippen MR) is 152 cm³/mol. The summed E-state index contributed by atoms with van der Waals surface area (Å²) in [4.78, 5) is 45.7. The molecule has 4 rings (SSSR count). The monoisotopic (exact) mass is 561 g/mol. The van der Waals surface area contributed by atoms with Gasteiger partial charge in [-0.2, -0.15) is 0 Å². The van der Waals surface area contributed by atoms with E-state index in [1.165, 1.54) is 9.80 Å². The number of hydrogen-bond acceptors (Lipinski definition) is 7. The van der Waals surface area contributed by atoms with E-state index in [1.807, 2.05) is 24.3 Å². The molecule has 2 aromatic carbocycles. The number of anilines is 1. The SMILES string of the molecule is COc1ccc(CN(C(=O)OC(C)(C)C)c2cc(C[C@H]3C(=O)N(Cc4ccc(OC)cc4)[C@@H]3C(=O)O)ccn2)cc1. The van der Waals surface area contributed by atoms with Crippen LogP contribution in [0.3, 0.4) is 0 Å². The Morgan fingerprint density at radius 3 is 2.05 bits per heavy atom. The molecule has 0 spiro atoms. The third-order valence-corrected chi connectivity index (χ3v) is 6.74. The lowest BCUT2D eigenvalue weighted by Gasteiger charge is -2.44. The number of nitrogens with zero attached hydrogens (tertiary/aromatic N) is 3. The lowest BCUT2D eigenvalue weighted by Crippen LogP contribution is -2.64. The van der Waals surface area contributed by atoms with E-state index in [2.05, 4.69) is 4.98 Å². The second kappa shape index (κ2) is 12.3. The number of methoxy groups -OCH3 is 2. The first-order chi connectivity index (χ1) is 19.5. The summed E-state index contributed by atoms with van der Waals surface area (Å²) in [6.45, 7) is 5.72. The number of aliphatic carboxylic acids is 1. The molecule has 1 aliphatic heterocycles. The zero-order chi connectivity index (χ0) is 29.7. The minimum Gasteiger partial charge on any atom is -0.497 e. The summed E-state index contributed by atoms with van der Waals surface area (Å²) in [6.07, 6.45) is 1.16. The Labute approximate surface area is 239 Å². The molecule has 1 aromatic heterocycles. The molecule has 1 fully saturated rings. The first kappa shape index (κ1) is 29.4. The number of β-lactam (4-membered cyclic amide) rings is 1. The van der Waals surface area contributed by atoms with Crippen molar-refractivity contribution in [2.24, 2.45) is 5.92 Å². The van der Waals surface area contributed by atoms with Gasteiger partial charge in [-0.15, -0.1) is 0 Å². The maximum atomic E-state index is 13.2. The van der Waals surface area contributed by atoms with Crippen LogP contribution in [0.25, 0.3) is 0 Å². The molecular formula is C31H35N3O7. The smallest absolute Gasteiger partial charge is 0.416 e. The second-order valence-corrected chi connectivity index (χ2v) is 10.8. The van der Waals surface area contributed by atoms with Crippen LogP contribution in [0, 0.1) is 5.92 Å². The highest BCUT2D eigenvalue weighted by atomic mass is 16.6. The van der Waals surface area contributed by atoms with E-state index in [9.17, 15) is 19.5 Å². The van der Waals surface area contributed by atoms with Gasteiger partial charge in [0.05, 0.1) is 26.7 Å². The zero-order valence-corrected chi connectivity index (χ0v) is 23.9. The van der Waals surface area contributed by atoms with Crippen molar-refractivity contribution in [3.05, 3.63) is 83.6 Å². The molecule has 0 bridgehead atoms. The predicted octanol–water partition coefficient (Wildman–Crippen LogP) is 4.69. The molecule has 2 amide bonds. The van der Waals surface area contributed by atoms with Crippen LogP contribution in [0.5, 0.6) is 11.5 Å². The van der Waals surface area contributed by atoms with Crippen LogP contribution in [0.4, 0.5) is 10.6 Å². The summed E-state index contributed by atoms with van der Waals surface area (Å²) < 4.78 is 16.0. The Bertz CT molecular complexity index is 1380. The number of rotatable bonds is 10. The van der Waals surface area contributed by atoms with Crippen LogP contribution < -0.4 is 14.4 Å². The average Bonchev–Trinajstić information content (AvgIpc) is 2.94. The van der Waals surface area contributed by atoms with Gasteiger partial charge in [-0.3, -0.25) is 9.69 Å². The number of carbonyl (C=O) groups excluding carboxylic acids is 2. The highest BCUT2D eigenvalue weighted by Crippen LogP contribution is 2.33. The average molecular weight is 562 g/mol. The molecule has 2 atom stereocenters. The lowest BCUT2D eigenvalue weighted by atomic mass is 9.82. The van der Waals surface area contributed by atoms with Gasteiger partial charge in [0.1, 0.15) is 29.0 Å². The summed E-state index contributed by atoms with van der Waals surface area (Å²) >= 11 is 0. The van der Waals surface area contributed by atoms with Crippen molar-refractivity contribution in [1.82, 2.24) is 9.88 Å². The summed E-state index contributed by atoms with van der Waals surface area (Å²) in [5.74, 6) is -0.339. The highest BCUT2D eigenvalue weighted by Gasteiger charge is 2.51. The Kier molecular flexibility index (Phi) is 8.80. The van der Waals surface area contributed by atoms with Crippen LogP contribution in [0.1, 0.15) is 37.5 Å². The fourth-order valence-corrected chi connectivity index (χ4v) is 4.69. The number of likely N-dealkylation sites (tertiary alicyclic amines) is 1. The fraction of sp³-hybridized carbons (Fsp3) is 0.355. The van der Waals surface area contributed by atoms with E-state index in [1.54, 1.807) is 77.6 Å². The van der Waals surface area contributed by atoms with Gasteiger partial charge >= 0.3 is 12.1 Å². The molecule has 2 heterocycles. The van der Waals surface area contributed by atoms with Crippen LogP contribution in [0.2, 0.25) is 0 Å². The van der Waals surface area contributed by atoms with E-state index in [0.29, 0.717) is 22.9 Å². The van der Waals surface area contributed by atoms with Crippen molar-refractivity contribution in [3.8, 4) is 11.5 Å². The Morgan fingerprint density at radius 1 is 0.927 bits per heavy atom. The molecule has 41 heavy (non-hydrogen) atoms. The quantitative estimate of drug-likeness (QED) is 0.354. The van der Waals surface area contributed by atoms with E-state index in [0.717, 1.165) is 11.1 Å². The van der Waals surface area contributed by atoms with Gasteiger partial charge in [0.2, 0.25) is 5.91 Å². The van der Waals surface area contributed by atoms with E-state index in [4.69, 9.17) is 14.2 Å². The number of hydrogen-bond donors (Lipinski definition) is 1. The van der Waals surface area contributed by atoms with Gasteiger partial charge in [0.15, 0.2) is 0 Å². The minimum absolute atomic E-state index is 0.186. The Hall–Kier alpha value is -4.60. The molecule has 1 N–H and O–H groups in total. The molecule has 0 aliphatic carbocycles. The maximum absolute atomic E-state index is 13.2. The summed E-state index contributed by atoms with van der Waals surface area (Å²) in [6, 6.07) is 16.9. The van der Waals surface area contributed by atoms with Crippen molar-refractivity contribution in [3.63, 3.8) is 0 Å². The number of carboxylic acid groups (broad SMARTS) is 1. The lowest BCUT2D eigenvalue weighted by molar-refractivity contribution is -0.171. The zero-order valence-electron chi connectivity index (χ0n) is 23.9. The van der Waals surface area contributed by atoms with Gasteiger partial charge in [0.25, 0.3) is 0 Å². The molecule has 1 aliphatic rings. The van der Waals surface area contributed by atoms with Crippen LogP contribution in [0.15, 0.2) is 66.9 Å². The van der Waals surface area contributed by atoms with E-state index >= 15 is 0 Å². The number of carbonyl (C=O) groups is 3. The molecule has 1 saturated heterocycles. The van der Waals surface area contributed by atoms with Crippen molar-refractivity contribution in [1.29, 1.82) is 0 Å². The third-order valence-electron chi connectivity index (χ3n) is 6.74. The van der Waals surface area contributed by atoms with Gasteiger partial charge in [-0.25, -0.2) is 14.6 Å². The van der Waals surface area contributed by atoms with Crippen molar-refractivity contribution < 1.29 is 33.7 Å². The first-order valence-corrected chi connectivity index (χ1v) is 13.2. The van der Waals surface area contributed by atoms with Crippen molar-refractivity contribution in [2.45, 2.75) is 51.9 Å². The number of carboxylic acids is 1. The maximum Gasteiger partial charge on any atom is 0.416 e. The molecule has 3 aromatic rings. The number of amides is 2. The van der Waals surface area contributed by atoms with Crippen LogP contribution in [-0.2, 0) is 33.8 Å². The Balaban J connectivity index is 1.54. The van der Waals surface area contributed by atoms with E-state index in [-0.39, 0.29) is 25.4 Å². The molecular weight excluding hydrogens is 526 g/mol. The number of ether oxygens (including phenoxy) is 3. The highest BCUT2D eigenvalue weighted by molar-refractivity contribution is 5.96. The standard InChI is InChI=1S/C31H35N3O7/c1-31(2,3)41-30(38)33(18-20-6-10-23(39-4)11-7-20)26-17-22(14-15-32-26)16-25-27(29(36)37)34(28(25)35)19-21-8-12-24(40-5)13-9-21/h6-15,17,25,27H,16,18-19H2,1-5H3,(H,36,37)/t25-,27+/m1/s1. The van der Waals surface area contributed by atoms with Gasteiger partial charge in [-0.05, 0) is 80.3 Å². The van der Waals surface area contributed by atoms with Crippen molar-refractivity contribution >= 4 is 23.8 Å². The van der Waals surface area contributed by atoms with Crippen molar-refractivity contribution in [2.75, 3.05) is 19.1 Å². The topological polar surface area (TPSA) is 118 Å². The molecule has 10 nitrogen and oxygen atoms in total. The van der Waals surface area contributed by atoms with Crippen LogP contribution in [-0.4, -0.2) is 58.8 Å². The number of aromatic nitrogens is 1. The summed E-state index contributed by atoms with van der Waals surface area (Å²) in [5.41, 5.74) is 1.60. The molecule has 0 unspecified atom stereocenters. The largest absolute Gasteiger partial charge is 0.497 e. The van der Waals surface area contributed by atoms with Gasteiger partial charge < -0.3 is 24.2 Å². The second-order valence-electron chi connectivity index (χ2n) is 10.8. The van der Waals surface area contributed by atoms with E-state index < -0.39 is 29.6 Å². The van der Waals surface area contributed by atoms with Crippen LogP contribution >= 0.6 is 0 Å². The molecule has 0 radical (unpaired) electrons. The first-order valence-electron chi connectivity index (χ1n) is 13.2. The van der Waals surface area contributed by atoms with Gasteiger partial charge in [0, 0.05) is 12.7 Å². The summed E-state index contributed by atoms with van der Waals surface area (Å²) in [7, 11) is 3.15. The number of benzene rings is 2. The minimum atomic E-state index is -1.06. The molecule has 0 saturated carbocycles. The molecule has 216 valence electrons. The molecule has 10 heteroatoms. The van der Waals surface area contributed by atoms with Gasteiger partial charge in [-0.1, -0.05) is 24.3 Å². The third kappa shape index (κ3) is 7.13. The fourth-order valence-electron chi connectivity index (χ4n) is 4.69.